The average molecular weight is 394 g/mol. The minimum Gasteiger partial charge on any atom is -0.337 e. The van der Waals surface area contributed by atoms with Crippen molar-refractivity contribution in [1.29, 1.82) is 0 Å². The fourth-order valence-corrected chi connectivity index (χ4v) is 4.60. The molecule has 2 saturated heterocycles. The molecule has 0 saturated carbocycles. The number of hydrogen-bond donors (Lipinski definition) is 1. The number of aryl methyl sites for hydroxylation is 1. The number of rotatable bonds is 3. The van der Waals surface area contributed by atoms with Gasteiger partial charge in [0.15, 0.2) is 0 Å². The Hall–Kier alpha value is -2.40. The molecule has 1 aromatic heterocycles. The van der Waals surface area contributed by atoms with Crippen molar-refractivity contribution >= 4 is 5.91 Å². The summed E-state index contributed by atoms with van der Waals surface area (Å²) >= 11 is 0. The van der Waals surface area contributed by atoms with Crippen molar-refractivity contribution in [1.82, 2.24) is 14.8 Å². The number of nitrogens with zero attached hydrogens (tertiary/aromatic N) is 2. The van der Waals surface area contributed by atoms with Crippen LogP contribution in [0.1, 0.15) is 60.5 Å². The second kappa shape index (κ2) is 8.15. The molecule has 2 aromatic rings. The number of pyridine rings is 1. The van der Waals surface area contributed by atoms with E-state index >= 15 is 0 Å². The second-order valence-electron chi connectivity index (χ2n) is 8.91. The lowest BCUT2D eigenvalue weighted by Gasteiger charge is -2.28. The van der Waals surface area contributed by atoms with E-state index in [1.54, 1.807) is 10.8 Å². The number of benzene rings is 1. The van der Waals surface area contributed by atoms with Gasteiger partial charge in [-0.05, 0) is 67.5 Å². The Morgan fingerprint density at radius 3 is 2.79 bits per heavy atom. The van der Waals surface area contributed by atoms with Crippen molar-refractivity contribution in [2.45, 2.75) is 52.0 Å². The van der Waals surface area contributed by atoms with Crippen LogP contribution in [-0.4, -0.2) is 41.1 Å². The Morgan fingerprint density at radius 2 is 2.00 bits per heavy atom. The number of likely N-dealkylation sites (tertiary alicyclic amines) is 1. The first-order valence-corrected chi connectivity index (χ1v) is 10.8. The van der Waals surface area contributed by atoms with Crippen LogP contribution in [-0.2, 0) is 0 Å². The quantitative estimate of drug-likeness (QED) is 0.869. The van der Waals surface area contributed by atoms with Crippen LogP contribution in [0.25, 0.3) is 5.69 Å². The lowest BCUT2D eigenvalue weighted by atomic mass is 9.99. The van der Waals surface area contributed by atoms with E-state index < -0.39 is 0 Å². The van der Waals surface area contributed by atoms with Crippen molar-refractivity contribution in [3.05, 3.63) is 63.6 Å². The molecule has 5 nitrogen and oxygen atoms in total. The minimum absolute atomic E-state index is 0.123. The van der Waals surface area contributed by atoms with Gasteiger partial charge in [-0.3, -0.25) is 14.2 Å². The zero-order valence-electron chi connectivity index (χ0n) is 17.6. The summed E-state index contributed by atoms with van der Waals surface area (Å²) in [4.78, 5) is 28.8. The fraction of sp³-hybridized carbons (Fsp3) is 0.500. The third-order valence-corrected chi connectivity index (χ3v) is 6.40. The molecule has 2 aliphatic rings. The van der Waals surface area contributed by atoms with Crippen LogP contribution in [0.2, 0.25) is 0 Å². The van der Waals surface area contributed by atoms with Gasteiger partial charge in [-0.15, -0.1) is 0 Å². The highest BCUT2D eigenvalue weighted by atomic mass is 16.2. The summed E-state index contributed by atoms with van der Waals surface area (Å²) in [5.74, 6) is 0.726. The lowest BCUT2D eigenvalue weighted by Crippen LogP contribution is -2.44. The molecule has 1 N–H and O–H groups in total. The Bertz CT molecular complexity index is 949. The van der Waals surface area contributed by atoms with Gasteiger partial charge in [0, 0.05) is 31.0 Å². The third kappa shape index (κ3) is 4.01. The summed E-state index contributed by atoms with van der Waals surface area (Å²) in [5.41, 5.74) is 2.82. The molecule has 0 aliphatic carbocycles. The van der Waals surface area contributed by atoms with Gasteiger partial charge in [0.1, 0.15) is 5.56 Å². The van der Waals surface area contributed by atoms with Gasteiger partial charge in [0.05, 0.1) is 0 Å². The topological polar surface area (TPSA) is 54.3 Å². The van der Waals surface area contributed by atoms with Crippen LogP contribution in [0, 0.1) is 12.8 Å². The van der Waals surface area contributed by atoms with Gasteiger partial charge in [0.25, 0.3) is 11.5 Å². The first-order valence-electron chi connectivity index (χ1n) is 10.8. The van der Waals surface area contributed by atoms with E-state index in [4.69, 9.17) is 0 Å². The molecule has 0 unspecified atom stereocenters. The van der Waals surface area contributed by atoms with E-state index in [0.717, 1.165) is 37.2 Å². The Labute approximate surface area is 172 Å². The third-order valence-electron chi connectivity index (χ3n) is 6.40. The molecular formula is C24H31N3O2. The van der Waals surface area contributed by atoms with Crippen molar-refractivity contribution < 1.29 is 4.79 Å². The smallest absolute Gasteiger partial charge is 0.268 e. The molecule has 29 heavy (non-hydrogen) atoms. The van der Waals surface area contributed by atoms with Crippen LogP contribution < -0.4 is 10.9 Å². The molecule has 2 aliphatic heterocycles. The van der Waals surface area contributed by atoms with E-state index in [0.29, 0.717) is 30.0 Å². The van der Waals surface area contributed by atoms with Crippen molar-refractivity contribution in [3.8, 4) is 5.69 Å². The SMILES string of the molecule is Cc1ccn(-c2cccc(C(C)C)c2)c(=O)c1C(=O)N1C[C@H]2CCC[C@@H](C1)NC2. The zero-order valence-corrected chi connectivity index (χ0v) is 17.6. The molecule has 1 aromatic carbocycles. The number of amides is 1. The van der Waals surface area contributed by atoms with Crippen LogP contribution in [0.3, 0.4) is 0 Å². The van der Waals surface area contributed by atoms with Crippen LogP contribution in [0.4, 0.5) is 0 Å². The van der Waals surface area contributed by atoms with Crippen molar-refractivity contribution in [2.75, 3.05) is 19.6 Å². The number of fused-ring (bicyclic) bond motifs is 3. The van der Waals surface area contributed by atoms with Gasteiger partial charge in [-0.2, -0.15) is 0 Å². The van der Waals surface area contributed by atoms with Crippen LogP contribution >= 0.6 is 0 Å². The zero-order chi connectivity index (χ0) is 20.5. The summed E-state index contributed by atoms with van der Waals surface area (Å²) in [6.45, 7) is 8.52. The average Bonchev–Trinajstić information content (AvgIpc) is 3.03. The molecule has 2 atom stereocenters. The molecule has 0 radical (unpaired) electrons. The molecule has 3 heterocycles. The summed E-state index contributed by atoms with van der Waals surface area (Å²) in [6, 6.07) is 10.2. The molecule has 1 amide bonds. The van der Waals surface area contributed by atoms with E-state index in [-0.39, 0.29) is 11.5 Å². The van der Waals surface area contributed by atoms with Gasteiger partial charge in [-0.25, -0.2) is 0 Å². The first kappa shape index (κ1) is 19.9. The fourth-order valence-electron chi connectivity index (χ4n) is 4.60. The highest BCUT2D eigenvalue weighted by Gasteiger charge is 2.31. The molecular weight excluding hydrogens is 362 g/mol. The van der Waals surface area contributed by atoms with E-state index in [1.807, 2.05) is 36.1 Å². The molecule has 0 spiro atoms. The summed E-state index contributed by atoms with van der Waals surface area (Å²) in [5, 5.41) is 3.59. The highest BCUT2D eigenvalue weighted by Crippen LogP contribution is 2.23. The minimum atomic E-state index is -0.224. The normalized spacial score (nSPS) is 21.9. The second-order valence-corrected chi connectivity index (χ2v) is 8.91. The monoisotopic (exact) mass is 393 g/mol. The largest absolute Gasteiger partial charge is 0.337 e. The van der Waals surface area contributed by atoms with E-state index in [9.17, 15) is 9.59 Å². The number of carbonyl (C=O) groups excluding carboxylic acids is 1. The summed E-state index contributed by atoms with van der Waals surface area (Å²) in [6.07, 6.45) is 5.24. The summed E-state index contributed by atoms with van der Waals surface area (Å²) in [7, 11) is 0. The molecule has 5 heteroatoms. The maximum atomic E-state index is 13.5. The van der Waals surface area contributed by atoms with Gasteiger partial charge in [0.2, 0.25) is 0 Å². The van der Waals surface area contributed by atoms with Gasteiger partial charge in [-0.1, -0.05) is 32.4 Å². The lowest BCUT2D eigenvalue weighted by molar-refractivity contribution is 0.0717. The molecule has 2 fully saturated rings. The molecule has 2 bridgehead atoms. The van der Waals surface area contributed by atoms with E-state index in [2.05, 4.69) is 25.2 Å². The van der Waals surface area contributed by atoms with Gasteiger partial charge < -0.3 is 10.2 Å². The number of nitrogens with one attached hydrogen (secondary N) is 1. The number of carbonyl (C=O) groups is 1. The predicted octanol–water partition coefficient (Wildman–Crippen LogP) is 3.48. The van der Waals surface area contributed by atoms with E-state index in [1.165, 1.54) is 12.0 Å². The Kier molecular flexibility index (Phi) is 5.59. The van der Waals surface area contributed by atoms with Gasteiger partial charge >= 0.3 is 0 Å². The van der Waals surface area contributed by atoms with Crippen LogP contribution in [0.5, 0.6) is 0 Å². The maximum absolute atomic E-state index is 13.5. The summed E-state index contributed by atoms with van der Waals surface area (Å²) < 4.78 is 1.61. The first-order chi connectivity index (χ1) is 13.9. The standard InChI is InChI=1S/C24H31N3O2/c1-16(2)19-7-5-9-21(12-19)27-11-10-17(3)22(24(27)29)23(28)26-14-18-6-4-8-20(15-26)25-13-18/h5,7,9-12,16,18,20,25H,4,6,8,13-15H2,1-3H3/t18-,20-/m0/s1. The molecule has 154 valence electrons. The number of hydrogen-bond acceptors (Lipinski definition) is 3. The van der Waals surface area contributed by atoms with Crippen molar-refractivity contribution in [3.63, 3.8) is 0 Å². The Morgan fingerprint density at radius 1 is 1.17 bits per heavy atom. The number of aromatic nitrogens is 1. The molecule has 4 rings (SSSR count). The van der Waals surface area contributed by atoms with Crippen LogP contribution in [0.15, 0.2) is 41.3 Å². The predicted molar refractivity (Wildman–Crippen MR) is 116 cm³/mol. The highest BCUT2D eigenvalue weighted by molar-refractivity contribution is 5.95. The van der Waals surface area contributed by atoms with Crippen molar-refractivity contribution in [2.24, 2.45) is 5.92 Å². The maximum Gasteiger partial charge on any atom is 0.268 e. The Balaban J connectivity index is 1.71.